The predicted molar refractivity (Wildman–Crippen MR) is 91.3 cm³/mol. The quantitative estimate of drug-likeness (QED) is 0.808. The van der Waals surface area contributed by atoms with Crippen molar-refractivity contribution in [3.8, 4) is 5.88 Å². The molecule has 24 heavy (non-hydrogen) atoms. The molecule has 1 aliphatic carbocycles. The van der Waals surface area contributed by atoms with Crippen LogP contribution in [0.25, 0.3) is 0 Å². The van der Waals surface area contributed by atoms with Crippen LogP contribution in [0.15, 0.2) is 35.8 Å². The van der Waals surface area contributed by atoms with Gasteiger partial charge in [-0.2, -0.15) is 0 Å². The summed E-state index contributed by atoms with van der Waals surface area (Å²) in [4.78, 5) is 20.4. The number of carbonyl (C=O) groups excluding carboxylic acids is 1. The minimum absolute atomic E-state index is 0.0357. The van der Waals surface area contributed by atoms with Crippen LogP contribution in [0.5, 0.6) is 5.88 Å². The second-order valence-electron chi connectivity index (χ2n) is 6.23. The number of nitrogens with zero attached hydrogens (tertiary/aromatic N) is 2. The molecule has 1 amide bonds. The van der Waals surface area contributed by atoms with E-state index in [0.29, 0.717) is 30.6 Å². The minimum Gasteiger partial charge on any atom is -0.472 e. The Bertz CT molecular complexity index is 694. The Morgan fingerprint density at radius 1 is 1.38 bits per heavy atom. The van der Waals surface area contributed by atoms with Crippen molar-refractivity contribution in [2.75, 3.05) is 13.2 Å². The number of rotatable bonds is 6. The SMILES string of the molecule is O=C(c1ccnc(O[C@@H]2CCOC2)c1)N(Cc1cccs1)C1CC1. The molecule has 2 aliphatic rings. The lowest BCUT2D eigenvalue weighted by molar-refractivity contribution is 0.0730. The van der Waals surface area contributed by atoms with Gasteiger partial charge in [0, 0.05) is 35.2 Å². The van der Waals surface area contributed by atoms with Gasteiger partial charge in [-0.15, -0.1) is 11.3 Å². The highest BCUT2D eigenvalue weighted by Gasteiger charge is 2.33. The minimum atomic E-state index is 0.0357. The molecule has 2 aromatic rings. The van der Waals surface area contributed by atoms with Crippen molar-refractivity contribution in [1.29, 1.82) is 0 Å². The normalized spacial score (nSPS) is 20.1. The summed E-state index contributed by atoms with van der Waals surface area (Å²) in [5, 5.41) is 2.05. The highest BCUT2D eigenvalue weighted by atomic mass is 32.1. The molecule has 0 radical (unpaired) electrons. The van der Waals surface area contributed by atoms with Gasteiger partial charge in [0.1, 0.15) is 6.10 Å². The van der Waals surface area contributed by atoms with Crippen LogP contribution in [0.1, 0.15) is 34.5 Å². The van der Waals surface area contributed by atoms with Crippen LogP contribution >= 0.6 is 11.3 Å². The summed E-state index contributed by atoms with van der Waals surface area (Å²) in [7, 11) is 0. The van der Waals surface area contributed by atoms with Gasteiger partial charge in [0.15, 0.2) is 0 Å². The van der Waals surface area contributed by atoms with E-state index in [1.54, 1.807) is 29.7 Å². The maximum atomic E-state index is 13.0. The first-order valence-corrected chi connectivity index (χ1v) is 9.21. The number of thiophene rings is 1. The van der Waals surface area contributed by atoms with Crippen molar-refractivity contribution in [1.82, 2.24) is 9.88 Å². The molecule has 0 bridgehead atoms. The lowest BCUT2D eigenvalue weighted by Crippen LogP contribution is -2.32. The Balaban J connectivity index is 1.49. The number of hydrogen-bond donors (Lipinski definition) is 0. The van der Waals surface area contributed by atoms with E-state index < -0.39 is 0 Å². The molecule has 126 valence electrons. The lowest BCUT2D eigenvalue weighted by Gasteiger charge is -2.22. The van der Waals surface area contributed by atoms with Gasteiger partial charge in [0.05, 0.1) is 19.8 Å². The molecule has 4 rings (SSSR count). The van der Waals surface area contributed by atoms with Crippen molar-refractivity contribution in [2.24, 2.45) is 0 Å². The third kappa shape index (κ3) is 3.60. The van der Waals surface area contributed by atoms with Crippen molar-refractivity contribution < 1.29 is 14.3 Å². The molecule has 5 nitrogen and oxygen atoms in total. The van der Waals surface area contributed by atoms with Crippen LogP contribution in [0.2, 0.25) is 0 Å². The first-order valence-electron chi connectivity index (χ1n) is 8.33. The maximum Gasteiger partial charge on any atom is 0.254 e. The fraction of sp³-hybridized carbons (Fsp3) is 0.444. The Morgan fingerprint density at radius 3 is 3.00 bits per heavy atom. The zero-order chi connectivity index (χ0) is 16.4. The molecule has 6 heteroatoms. The third-order valence-corrected chi connectivity index (χ3v) is 5.17. The molecule has 0 aromatic carbocycles. The Labute approximate surface area is 145 Å². The number of hydrogen-bond acceptors (Lipinski definition) is 5. The van der Waals surface area contributed by atoms with E-state index in [9.17, 15) is 4.79 Å². The molecule has 3 heterocycles. The van der Waals surface area contributed by atoms with Gasteiger partial charge in [-0.1, -0.05) is 6.07 Å². The van der Waals surface area contributed by atoms with E-state index in [-0.39, 0.29) is 12.0 Å². The Hall–Kier alpha value is -1.92. The first-order chi connectivity index (χ1) is 11.8. The van der Waals surface area contributed by atoms with Gasteiger partial charge >= 0.3 is 0 Å². The van der Waals surface area contributed by atoms with Crippen molar-refractivity contribution in [3.05, 3.63) is 46.3 Å². The van der Waals surface area contributed by atoms with E-state index >= 15 is 0 Å². The topological polar surface area (TPSA) is 51.7 Å². The second kappa shape index (κ2) is 6.91. The van der Waals surface area contributed by atoms with Crippen LogP contribution in [0, 0.1) is 0 Å². The molecule has 2 aromatic heterocycles. The predicted octanol–water partition coefficient (Wildman–Crippen LogP) is 3.12. The summed E-state index contributed by atoms with van der Waals surface area (Å²) >= 11 is 1.69. The van der Waals surface area contributed by atoms with E-state index in [4.69, 9.17) is 9.47 Å². The summed E-state index contributed by atoms with van der Waals surface area (Å²) in [6.45, 7) is 1.99. The van der Waals surface area contributed by atoms with E-state index in [0.717, 1.165) is 25.9 Å². The number of pyridine rings is 1. The van der Waals surface area contributed by atoms with Gasteiger partial charge < -0.3 is 14.4 Å². The number of aromatic nitrogens is 1. The van der Waals surface area contributed by atoms with E-state index in [2.05, 4.69) is 11.1 Å². The van der Waals surface area contributed by atoms with Gasteiger partial charge in [-0.3, -0.25) is 4.79 Å². The maximum absolute atomic E-state index is 13.0. The summed E-state index contributed by atoms with van der Waals surface area (Å²) in [6.07, 6.45) is 4.73. The van der Waals surface area contributed by atoms with E-state index in [1.807, 2.05) is 16.3 Å². The second-order valence-corrected chi connectivity index (χ2v) is 7.26. The van der Waals surface area contributed by atoms with Crippen molar-refractivity contribution >= 4 is 17.2 Å². The largest absolute Gasteiger partial charge is 0.472 e. The fourth-order valence-electron chi connectivity index (χ4n) is 2.87. The van der Waals surface area contributed by atoms with E-state index in [1.165, 1.54) is 4.88 Å². The lowest BCUT2D eigenvalue weighted by atomic mass is 10.2. The molecule has 1 saturated heterocycles. The van der Waals surface area contributed by atoms with Gasteiger partial charge in [0.2, 0.25) is 5.88 Å². The highest BCUT2D eigenvalue weighted by molar-refractivity contribution is 7.09. The van der Waals surface area contributed by atoms with Crippen LogP contribution in [-0.2, 0) is 11.3 Å². The molecular weight excluding hydrogens is 324 g/mol. The number of carbonyl (C=O) groups is 1. The van der Waals surface area contributed by atoms with Crippen molar-refractivity contribution in [2.45, 2.75) is 38.0 Å². The third-order valence-electron chi connectivity index (χ3n) is 4.31. The van der Waals surface area contributed by atoms with Gasteiger partial charge in [-0.25, -0.2) is 4.98 Å². The van der Waals surface area contributed by atoms with Crippen molar-refractivity contribution in [3.63, 3.8) is 0 Å². The molecule has 1 atom stereocenters. The Morgan fingerprint density at radius 2 is 2.29 bits per heavy atom. The van der Waals surface area contributed by atoms with Crippen LogP contribution < -0.4 is 4.74 Å². The molecule has 0 unspecified atom stereocenters. The van der Waals surface area contributed by atoms with Gasteiger partial charge in [-0.05, 0) is 30.4 Å². The fourth-order valence-corrected chi connectivity index (χ4v) is 3.58. The zero-order valence-electron chi connectivity index (χ0n) is 13.4. The van der Waals surface area contributed by atoms with Gasteiger partial charge in [0.25, 0.3) is 5.91 Å². The molecule has 1 aliphatic heterocycles. The molecule has 1 saturated carbocycles. The number of ether oxygens (including phenoxy) is 2. The first kappa shape index (κ1) is 15.6. The molecule has 0 spiro atoms. The molecule has 0 N–H and O–H groups in total. The smallest absolute Gasteiger partial charge is 0.254 e. The average Bonchev–Trinajstić information content (AvgIpc) is 3.08. The summed E-state index contributed by atoms with van der Waals surface area (Å²) < 4.78 is 11.1. The zero-order valence-corrected chi connectivity index (χ0v) is 14.2. The van der Waals surface area contributed by atoms with Crippen LogP contribution in [0.4, 0.5) is 0 Å². The molecular formula is C18H20N2O3S. The number of amides is 1. The van der Waals surface area contributed by atoms with Crippen LogP contribution in [0.3, 0.4) is 0 Å². The summed E-state index contributed by atoms with van der Waals surface area (Å²) in [5.41, 5.74) is 0.641. The average molecular weight is 344 g/mol. The Kier molecular flexibility index (Phi) is 4.49. The monoisotopic (exact) mass is 344 g/mol. The molecule has 2 fully saturated rings. The van der Waals surface area contributed by atoms with Crippen LogP contribution in [-0.4, -0.2) is 41.2 Å². The summed E-state index contributed by atoms with van der Waals surface area (Å²) in [5.74, 6) is 0.559. The highest BCUT2D eigenvalue weighted by Crippen LogP contribution is 2.31. The standard InChI is InChI=1S/C18H20N2O3S/c21-18(20(14-3-4-14)11-16-2-1-9-24-16)13-5-7-19-17(10-13)23-15-6-8-22-12-15/h1-2,5,7,9-10,14-15H,3-4,6,8,11-12H2/t15-/m1/s1. The summed E-state index contributed by atoms with van der Waals surface area (Å²) in [6, 6.07) is 7.99.